The topological polar surface area (TPSA) is 32.7 Å². The minimum Gasteiger partial charge on any atom is -0.302 e. The van der Waals surface area contributed by atoms with Crippen molar-refractivity contribution in [1.82, 2.24) is 4.90 Å². The van der Waals surface area contributed by atoms with E-state index in [0.717, 1.165) is 18.4 Å². The molecule has 0 amide bonds. The Morgan fingerprint density at radius 1 is 1.31 bits per heavy atom. The second kappa shape index (κ2) is 2.53. The number of rotatable bonds is 4. The Labute approximate surface area is 78.5 Å². The van der Waals surface area contributed by atoms with Gasteiger partial charge in [-0.3, -0.25) is 0 Å². The Morgan fingerprint density at radius 3 is 2.54 bits per heavy atom. The first-order valence-electron chi connectivity index (χ1n) is 5.33. The van der Waals surface area contributed by atoms with Crippen molar-refractivity contribution in [2.45, 2.75) is 19.3 Å². The van der Waals surface area contributed by atoms with Gasteiger partial charge in [0.05, 0.1) is 6.54 Å². The summed E-state index contributed by atoms with van der Waals surface area (Å²) in [6, 6.07) is 0. The third-order valence-corrected chi connectivity index (χ3v) is 3.97. The van der Waals surface area contributed by atoms with Gasteiger partial charge in [-0.15, -0.1) is 0 Å². The Kier molecular flexibility index (Phi) is 1.54. The SMILES string of the molecule is O=NCC1(CN2CC3CC3C2)CC1. The molecule has 1 heterocycles. The van der Waals surface area contributed by atoms with E-state index in [9.17, 15) is 4.91 Å². The van der Waals surface area contributed by atoms with Crippen LogP contribution in [0.1, 0.15) is 19.3 Å². The zero-order valence-electron chi connectivity index (χ0n) is 7.91. The van der Waals surface area contributed by atoms with Gasteiger partial charge in [-0.2, -0.15) is 4.91 Å². The molecule has 0 N–H and O–H groups in total. The van der Waals surface area contributed by atoms with Gasteiger partial charge >= 0.3 is 0 Å². The lowest BCUT2D eigenvalue weighted by molar-refractivity contribution is 0.245. The summed E-state index contributed by atoms with van der Waals surface area (Å²) >= 11 is 0. The Morgan fingerprint density at radius 2 is 2.00 bits per heavy atom. The smallest absolute Gasteiger partial charge is 0.0879 e. The number of nitrogens with zero attached hydrogens (tertiary/aromatic N) is 2. The van der Waals surface area contributed by atoms with Crippen molar-refractivity contribution >= 4 is 0 Å². The van der Waals surface area contributed by atoms with Crippen molar-refractivity contribution in [1.29, 1.82) is 0 Å². The highest BCUT2D eigenvalue weighted by molar-refractivity contribution is 5.02. The van der Waals surface area contributed by atoms with E-state index in [2.05, 4.69) is 10.1 Å². The van der Waals surface area contributed by atoms with E-state index < -0.39 is 0 Å². The maximum absolute atomic E-state index is 10.2. The number of hydrogen-bond donors (Lipinski definition) is 0. The first-order valence-corrected chi connectivity index (χ1v) is 5.33. The monoisotopic (exact) mass is 180 g/mol. The fourth-order valence-electron chi connectivity index (χ4n) is 2.78. The Balaban J connectivity index is 1.54. The number of piperidine rings is 1. The van der Waals surface area contributed by atoms with Gasteiger partial charge in [-0.1, -0.05) is 5.18 Å². The summed E-state index contributed by atoms with van der Waals surface area (Å²) in [5.41, 5.74) is 0.318. The molecule has 3 rings (SSSR count). The van der Waals surface area contributed by atoms with Crippen molar-refractivity contribution < 1.29 is 0 Å². The van der Waals surface area contributed by atoms with E-state index in [1.54, 1.807) is 0 Å². The van der Waals surface area contributed by atoms with Crippen LogP contribution in [0.2, 0.25) is 0 Å². The summed E-state index contributed by atoms with van der Waals surface area (Å²) < 4.78 is 0. The van der Waals surface area contributed by atoms with Gasteiger partial charge in [0, 0.05) is 25.0 Å². The van der Waals surface area contributed by atoms with Gasteiger partial charge in [-0.05, 0) is 31.1 Å². The molecule has 13 heavy (non-hydrogen) atoms. The van der Waals surface area contributed by atoms with Gasteiger partial charge in [0.25, 0.3) is 0 Å². The molecule has 0 aromatic carbocycles. The van der Waals surface area contributed by atoms with Crippen LogP contribution in [0.15, 0.2) is 5.18 Å². The summed E-state index contributed by atoms with van der Waals surface area (Å²) in [6.45, 7) is 4.29. The number of nitroso groups, excluding NO2 is 1. The van der Waals surface area contributed by atoms with Crippen molar-refractivity contribution in [3.05, 3.63) is 4.91 Å². The standard InChI is InChI=1S/C10H16N2O/c13-11-6-10(1-2-10)7-12-4-8-3-9(8)5-12/h8-9H,1-7H2. The molecule has 0 aromatic heterocycles. The van der Waals surface area contributed by atoms with Crippen LogP contribution in [0.4, 0.5) is 0 Å². The minimum absolute atomic E-state index is 0.318. The highest BCUT2D eigenvalue weighted by atomic mass is 16.3. The molecule has 2 atom stereocenters. The molecule has 3 nitrogen and oxygen atoms in total. The fourth-order valence-corrected chi connectivity index (χ4v) is 2.78. The average Bonchev–Trinajstić information content (AvgIpc) is 2.96. The van der Waals surface area contributed by atoms with Crippen LogP contribution in [-0.2, 0) is 0 Å². The lowest BCUT2D eigenvalue weighted by atomic mass is 10.1. The summed E-state index contributed by atoms with van der Waals surface area (Å²) in [4.78, 5) is 12.8. The third-order valence-electron chi connectivity index (χ3n) is 3.97. The quantitative estimate of drug-likeness (QED) is 0.614. The van der Waals surface area contributed by atoms with Gasteiger partial charge < -0.3 is 4.90 Å². The molecule has 2 aliphatic carbocycles. The van der Waals surface area contributed by atoms with Crippen molar-refractivity contribution in [2.24, 2.45) is 22.4 Å². The summed E-state index contributed by atoms with van der Waals surface area (Å²) in [7, 11) is 0. The van der Waals surface area contributed by atoms with E-state index in [0.29, 0.717) is 12.0 Å². The van der Waals surface area contributed by atoms with Crippen LogP contribution in [-0.4, -0.2) is 31.1 Å². The van der Waals surface area contributed by atoms with Gasteiger partial charge in [0.2, 0.25) is 0 Å². The first kappa shape index (κ1) is 7.92. The van der Waals surface area contributed by atoms with Crippen molar-refractivity contribution in [3.63, 3.8) is 0 Å². The Hall–Kier alpha value is -0.440. The molecule has 3 aliphatic rings. The third kappa shape index (κ3) is 1.39. The lowest BCUT2D eigenvalue weighted by Crippen LogP contribution is -2.31. The molecular formula is C10H16N2O. The second-order valence-corrected chi connectivity index (χ2v) is 5.24. The molecule has 1 aliphatic heterocycles. The van der Waals surface area contributed by atoms with E-state index in [-0.39, 0.29) is 0 Å². The van der Waals surface area contributed by atoms with Gasteiger partial charge in [0.15, 0.2) is 0 Å². The molecule has 1 saturated heterocycles. The predicted molar refractivity (Wildman–Crippen MR) is 50.4 cm³/mol. The first-order chi connectivity index (χ1) is 6.31. The maximum Gasteiger partial charge on any atom is 0.0879 e. The van der Waals surface area contributed by atoms with Crippen LogP contribution in [0, 0.1) is 22.2 Å². The molecule has 3 heteroatoms. The van der Waals surface area contributed by atoms with Gasteiger partial charge in [-0.25, -0.2) is 0 Å². The average molecular weight is 180 g/mol. The molecule has 72 valence electrons. The maximum atomic E-state index is 10.2. The normalized spacial score (nSPS) is 40.0. The molecule has 0 radical (unpaired) electrons. The van der Waals surface area contributed by atoms with Crippen LogP contribution in [0.3, 0.4) is 0 Å². The zero-order valence-corrected chi connectivity index (χ0v) is 7.91. The predicted octanol–water partition coefficient (Wildman–Crippen LogP) is 1.48. The molecule has 0 aromatic rings. The highest BCUT2D eigenvalue weighted by Crippen LogP contribution is 2.50. The van der Waals surface area contributed by atoms with E-state index in [4.69, 9.17) is 0 Å². The summed E-state index contributed by atoms with van der Waals surface area (Å²) in [5.74, 6) is 2.03. The zero-order chi connectivity index (χ0) is 8.89. The minimum atomic E-state index is 0.318. The number of likely N-dealkylation sites (tertiary alicyclic amines) is 1. The highest BCUT2D eigenvalue weighted by Gasteiger charge is 2.50. The summed E-state index contributed by atoms with van der Waals surface area (Å²) in [6.07, 6.45) is 3.92. The van der Waals surface area contributed by atoms with Crippen molar-refractivity contribution in [3.8, 4) is 0 Å². The lowest BCUT2D eigenvalue weighted by Gasteiger charge is -2.22. The van der Waals surface area contributed by atoms with Crippen LogP contribution in [0.5, 0.6) is 0 Å². The second-order valence-electron chi connectivity index (χ2n) is 5.24. The number of hydrogen-bond acceptors (Lipinski definition) is 3. The van der Waals surface area contributed by atoms with E-state index in [1.165, 1.54) is 32.4 Å². The molecule has 0 bridgehead atoms. The molecule has 0 spiro atoms. The van der Waals surface area contributed by atoms with Gasteiger partial charge in [0.1, 0.15) is 0 Å². The number of fused-ring (bicyclic) bond motifs is 1. The Bertz CT molecular complexity index is 227. The largest absolute Gasteiger partial charge is 0.302 e. The van der Waals surface area contributed by atoms with Crippen LogP contribution >= 0.6 is 0 Å². The van der Waals surface area contributed by atoms with Crippen LogP contribution < -0.4 is 0 Å². The van der Waals surface area contributed by atoms with Crippen molar-refractivity contribution in [2.75, 3.05) is 26.2 Å². The summed E-state index contributed by atoms with van der Waals surface area (Å²) in [5, 5.41) is 3.07. The molecular weight excluding hydrogens is 164 g/mol. The van der Waals surface area contributed by atoms with E-state index >= 15 is 0 Å². The fraction of sp³-hybridized carbons (Fsp3) is 1.00. The molecule has 3 fully saturated rings. The molecule has 2 unspecified atom stereocenters. The molecule has 2 saturated carbocycles. The van der Waals surface area contributed by atoms with Crippen LogP contribution in [0.25, 0.3) is 0 Å². The van der Waals surface area contributed by atoms with E-state index in [1.807, 2.05) is 0 Å².